The third kappa shape index (κ3) is 6.09. The van der Waals surface area contributed by atoms with Crippen molar-refractivity contribution in [3.05, 3.63) is 71.7 Å². The number of benzene rings is 3. The minimum Gasteiger partial charge on any atom is -1.00 e. The minimum absolute atomic E-state index is 0. The highest BCUT2D eigenvalue weighted by Gasteiger charge is 2.22. The average molecular weight is 595 g/mol. The van der Waals surface area contributed by atoms with Crippen LogP contribution >= 0.6 is 11.5 Å². The predicted octanol–water partition coefficient (Wildman–Crippen LogP) is 1.79. The Bertz CT molecular complexity index is 1610. The number of halogens is 1. The number of hydrogen-bond acceptors (Lipinski definition) is 7. The summed E-state index contributed by atoms with van der Waals surface area (Å²) in [4.78, 5) is 16.6. The van der Waals surface area contributed by atoms with Crippen molar-refractivity contribution < 1.29 is 41.9 Å². The Labute approximate surface area is 248 Å². The molecule has 0 spiro atoms. The molecule has 5 aromatic rings. The molecule has 41 heavy (non-hydrogen) atoms. The number of aromatic amines is 1. The smallest absolute Gasteiger partial charge is 0.283 e. The van der Waals surface area contributed by atoms with Gasteiger partial charge < -0.3 is 47.4 Å². The summed E-state index contributed by atoms with van der Waals surface area (Å²) in [6.07, 6.45) is 0.474. The lowest BCUT2D eigenvalue weighted by atomic mass is 10.0. The van der Waals surface area contributed by atoms with E-state index < -0.39 is 6.04 Å². The first-order valence-corrected chi connectivity index (χ1v) is 13.4. The number of ether oxygens (including phenoxy) is 4. The molecule has 5 rings (SSSR count). The van der Waals surface area contributed by atoms with E-state index >= 15 is 0 Å². The third-order valence-corrected chi connectivity index (χ3v) is 7.33. The number of fused-ring (bicyclic) bond motifs is 1. The summed E-state index contributed by atoms with van der Waals surface area (Å²) in [5.74, 6) is 1.93. The standard InChI is InChI=1S/C30H30N4O5S.ClH/c1-36-25-10-9-17(21-16-40-34-28(21)19-13-26(37-2)29(39-4)27(14-19)38-3)12-24(25)33-30(35)22(31)15-20-11-18-7-5-6-8-23(18)32-20;/h5-14,16,22,32H,15,31H2,1-4H3,(H,33,35);1H/t22-;/m1./s1. The van der Waals surface area contributed by atoms with Gasteiger partial charge in [0.05, 0.1) is 39.8 Å². The molecule has 1 atom stereocenters. The molecule has 0 fully saturated rings. The number of anilines is 1. The van der Waals surface area contributed by atoms with Crippen molar-refractivity contribution in [3.8, 4) is 45.4 Å². The molecular formula is C30H31ClN4O5S. The highest BCUT2D eigenvalue weighted by molar-refractivity contribution is 7.04. The fourth-order valence-electron chi connectivity index (χ4n) is 4.68. The molecule has 1 amide bonds. The van der Waals surface area contributed by atoms with Gasteiger partial charge in [0.15, 0.2) is 17.5 Å². The van der Waals surface area contributed by atoms with Crippen LogP contribution in [-0.4, -0.2) is 49.7 Å². The molecule has 11 heteroatoms. The summed E-state index contributed by atoms with van der Waals surface area (Å²) in [5.41, 5.74) is 9.97. The zero-order chi connectivity index (χ0) is 28.2. The van der Waals surface area contributed by atoms with Crippen molar-refractivity contribution in [1.82, 2.24) is 9.36 Å². The Morgan fingerprint density at radius 3 is 2.29 bits per heavy atom. The van der Waals surface area contributed by atoms with Gasteiger partial charge >= 0.3 is 0 Å². The molecule has 0 radical (unpaired) electrons. The third-order valence-electron chi connectivity index (χ3n) is 6.70. The lowest BCUT2D eigenvalue weighted by Crippen LogP contribution is -3.00. The van der Waals surface area contributed by atoms with Crippen LogP contribution in [0.2, 0.25) is 0 Å². The Balaban J connectivity index is 0.00000387. The Kier molecular flexibility index (Phi) is 9.38. The first kappa shape index (κ1) is 29.7. The summed E-state index contributed by atoms with van der Waals surface area (Å²) in [7, 11) is 6.30. The first-order chi connectivity index (χ1) is 19.4. The molecule has 9 nitrogen and oxygen atoms in total. The van der Waals surface area contributed by atoms with Gasteiger partial charge in [-0.2, -0.15) is 4.37 Å². The average Bonchev–Trinajstić information content (AvgIpc) is 3.63. The molecule has 3 aromatic carbocycles. The van der Waals surface area contributed by atoms with Gasteiger partial charge in [0.1, 0.15) is 5.75 Å². The van der Waals surface area contributed by atoms with Gasteiger partial charge in [0.25, 0.3) is 5.91 Å². The first-order valence-electron chi connectivity index (χ1n) is 12.6. The van der Waals surface area contributed by atoms with Crippen LogP contribution in [-0.2, 0) is 11.2 Å². The summed E-state index contributed by atoms with van der Waals surface area (Å²) < 4.78 is 26.7. The van der Waals surface area contributed by atoms with Gasteiger partial charge in [-0.15, -0.1) is 0 Å². The lowest BCUT2D eigenvalue weighted by molar-refractivity contribution is -0.402. The van der Waals surface area contributed by atoms with E-state index in [1.807, 2.05) is 60.0 Å². The van der Waals surface area contributed by atoms with Crippen LogP contribution in [0.15, 0.2) is 66.0 Å². The van der Waals surface area contributed by atoms with E-state index in [0.717, 1.165) is 39.0 Å². The number of aromatic nitrogens is 2. The SMILES string of the molecule is COc1ccc(-c2csnc2-c2cc(OC)c(OC)c(OC)c2)cc1NC(=O)[C@H]([NH3+])Cc1cc2ccccc2[nH]1.[Cl-]. The highest BCUT2D eigenvalue weighted by atomic mass is 35.5. The van der Waals surface area contributed by atoms with Crippen LogP contribution in [0.25, 0.3) is 33.3 Å². The zero-order valence-electron chi connectivity index (χ0n) is 23.1. The monoisotopic (exact) mass is 594 g/mol. The van der Waals surface area contributed by atoms with E-state index in [2.05, 4.69) is 26.5 Å². The maximum absolute atomic E-state index is 13.2. The number of nitrogens with zero attached hydrogens (tertiary/aromatic N) is 1. The normalized spacial score (nSPS) is 11.4. The van der Waals surface area contributed by atoms with Crippen LogP contribution in [0.3, 0.4) is 0 Å². The number of nitrogens with one attached hydrogen (secondary N) is 2. The topological polar surface area (TPSA) is 122 Å². The molecule has 214 valence electrons. The van der Waals surface area contributed by atoms with Gasteiger partial charge in [0.2, 0.25) is 5.75 Å². The van der Waals surface area contributed by atoms with Gasteiger partial charge in [-0.25, -0.2) is 0 Å². The number of methoxy groups -OCH3 is 4. The molecule has 0 aliphatic rings. The van der Waals surface area contributed by atoms with Gasteiger partial charge in [0, 0.05) is 34.1 Å². The molecule has 0 aliphatic carbocycles. The van der Waals surface area contributed by atoms with Gasteiger partial charge in [-0.3, -0.25) is 4.79 Å². The molecule has 0 aliphatic heterocycles. The van der Waals surface area contributed by atoms with E-state index in [-0.39, 0.29) is 18.3 Å². The van der Waals surface area contributed by atoms with Gasteiger partial charge in [-0.05, 0) is 58.9 Å². The molecule has 0 saturated heterocycles. The summed E-state index contributed by atoms with van der Waals surface area (Å²) >= 11 is 1.34. The molecule has 5 N–H and O–H groups in total. The van der Waals surface area contributed by atoms with Gasteiger partial charge in [-0.1, -0.05) is 24.3 Å². The number of quaternary nitrogens is 1. The quantitative estimate of drug-likeness (QED) is 0.227. The van der Waals surface area contributed by atoms with Crippen molar-refractivity contribution in [1.29, 1.82) is 0 Å². The second-order valence-corrected chi connectivity index (χ2v) is 9.81. The summed E-state index contributed by atoms with van der Waals surface area (Å²) in [6, 6.07) is 18.9. The van der Waals surface area contributed by atoms with E-state index in [0.29, 0.717) is 35.1 Å². The molecule has 2 heterocycles. The molecule has 0 bridgehead atoms. The number of carbonyl (C=O) groups is 1. The molecule has 2 aromatic heterocycles. The van der Waals surface area contributed by atoms with Crippen molar-refractivity contribution in [2.45, 2.75) is 12.5 Å². The number of para-hydroxylation sites is 1. The van der Waals surface area contributed by atoms with Crippen LogP contribution in [0, 0.1) is 0 Å². The largest absolute Gasteiger partial charge is 1.00 e. The van der Waals surface area contributed by atoms with E-state index in [9.17, 15) is 4.79 Å². The van der Waals surface area contributed by atoms with Crippen LogP contribution in [0.4, 0.5) is 5.69 Å². The second-order valence-electron chi connectivity index (χ2n) is 9.18. The number of amides is 1. The Hall–Kier alpha value is -4.25. The molecule has 0 unspecified atom stereocenters. The molecule has 0 saturated carbocycles. The zero-order valence-corrected chi connectivity index (χ0v) is 24.7. The number of H-pyrrole nitrogens is 1. The minimum atomic E-state index is -0.515. The number of rotatable bonds is 10. The van der Waals surface area contributed by atoms with Crippen LogP contribution in [0.5, 0.6) is 23.0 Å². The Morgan fingerprint density at radius 1 is 0.927 bits per heavy atom. The van der Waals surface area contributed by atoms with Crippen LogP contribution in [0.1, 0.15) is 5.69 Å². The summed E-state index contributed by atoms with van der Waals surface area (Å²) in [6.45, 7) is 0. The maximum atomic E-state index is 13.2. The number of hydrogen-bond donors (Lipinski definition) is 3. The maximum Gasteiger partial charge on any atom is 0.283 e. The lowest BCUT2D eigenvalue weighted by Gasteiger charge is -2.15. The van der Waals surface area contributed by atoms with Crippen LogP contribution < -0.4 is 42.4 Å². The molecular weight excluding hydrogens is 564 g/mol. The fraction of sp³-hybridized carbons (Fsp3) is 0.200. The predicted molar refractivity (Wildman–Crippen MR) is 157 cm³/mol. The van der Waals surface area contributed by atoms with E-state index in [4.69, 9.17) is 18.9 Å². The fourth-order valence-corrected chi connectivity index (χ4v) is 5.39. The van der Waals surface area contributed by atoms with Crippen molar-refractivity contribution in [3.63, 3.8) is 0 Å². The second kappa shape index (κ2) is 12.9. The van der Waals surface area contributed by atoms with Crippen molar-refractivity contribution in [2.24, 2.45) is 0 Å². The van der Waals surface area contributed by atoms with E-state index in [1.165, 1.54) is 11.5 Å². The highest BCUT2D eigenvalue weighted by Crippen LogP contribution is 2.44. The number of carbonyl (C=O) groups excluding carboxylic acids is 1. The Morgan fingerprint density at radius 2 is 1.63 bits per heavy atom. The van der Waals surface area contributed by atoms with E-state index in [1.54, 1.807) is 28.4 Å². The van der Waals surface area contributed by atoms with Crippen molar-refractivity contribution in [2.75, 3.05) is 33.8 Å². The van der Waals surface area contributed by atoms with Crippen molar-refractivity contribution >= 4 is 34.0 Å². The summed E-state index contributed by atoms with van der Waals surface area (Å²) in [5, 5.41) is 6.08.